The van der Waals surface area contributed by atoms with E-state index in [0.29, 0.717) is 12.5 Å². The number of rotatable bonds is 7. The van der Waals surface area contributed by atoms with Crippen molar-refractivity contribution < 1.29 is 4.74 Å². The van der Waals surface area contributed by atoms with Gasteiger partial charge in [0, 0.05) is 19.6 Å². The highest BCUT2D eigenvalue weighted by Crippen LogP contribution is 2.30. The normalized spacial score (nSPS) is 12.8. The second-order valence-corrected chi connectivity index (χ2v) is 5.86. The van der Waals surface area contributed by atoms with E-state index in [4.69, 9.17) is 4.74 Å². The molecule has 1 heterocycles. The van der Waals surface area contributed by atoms with E-state index in [-0.39, 0.29) is 5.92 Å². The molecule has 108 valence electrons. The molecule has 19 heavy (non-hydrogen) atoms. The molecule has 0 aliphatic heterocycles. The van der Waals surface area contributed by atoms with Gasteiger partial charge < -0.3 is 10.1 Å². The molecule has 1 atom stereocenters. The third-order valence-electron chi connectivity index (χ3n) is 2.84. The highest BCUT2D eigenvalue weighted by Gasteiger charge is 2.17. The molecule has 0 aromatic carbocycles. The first kappa shape index (κ1) is 16.4. The number of nitrogens with zero attached hydrogens (tertiary/aromatic N) is 2. The molecule has 0 spiro atoms. The summed E-state index contributed by atoms with van der Waals surface area (Å²) in [6, 6.07) is 0. The van der Waals surface area contributed by atoms with Gasteiger partial charge in [-0.1, -0.05) is 27.7 Å². The zero-order valence-corrected chi connectivity index (χ0v) is 14.0. The largest absolute Gasteiger partial charge is 0.384 e. The molecule has 1 unspecified atom stereocenters. The highest BCUT2D eigenvalue weighted by molar-refractivity contribution is 9.10. The molecule has 0 aliphatic carbocycles. The Hall–Kier alpha value is -0.680. The molecule has 0 fully saturated rings. The first-order chi connectivity index (χ1) is 9.01. The Morgan fingerprint density at radius 2 is 1.95 bits per heavy atom. The van der Waals surface area contributed by atoms with E-state index in [1.165, 1.54) is 0 Å². The predicted octanol–water partition coefficient (Wildman–Crippen LogP) is 3.93. The van der Waals surface area contributed by atoms with Crippen LogP contribution in [0.5, 0.6) is 0 Å². The number of halogens is 1. The van der Waals surface area contributed by atoms with Crippen LogP contribution in [0.3, 0.4) is 0 Å². The van der Waals surface area contributed by atoms with E-state index in [2.05, 4.69) is 58.9 Å². The Balaban J connectivity index is 3.14. The molecular weight excluding hydrogens is 306 g/mol. The van der Waals surface area contributed by atoms with Crippen LogP contribution in [0.15, 0.2) is 4.47 Å². The van der Waals surface area contributed by atoms with Crippen LogP contribution < -0.4 is 5.32 Å². The number of methoxy groups -OCH3 is 1. The van der Waals surface area contributed by atoms with Crippen molar-refractivity contribution in [2.75, 3.05) is 25.6 Å². The fourth-order valence-corrected chi connectivity index (χ4v) is 2.55. The van der Waals surface area contributed by atoms with E-state index in [1.807, 2.05) is 0 Å². The van der Waals surface area contributed by atoms with Gasteiger partial charge in [0.2, 0.25) is 0 Å². The summed E-state index contributed by atoms with van der Waals surface area (Å²) in [4.78, 5) is 9.30. The molecule has 1 rings (SSSR count). The third-order valence-corrected chi connectivity index (χ3v) is 3.62. The number of ether oxygens (including phenoxy) is 1. The lowest BCUT2D eigenvalue weighted by molar-refractivity contribution is 0.181. The lowest BCUT2D eigenvalue weighted by Crippen LogP contribution is -2.13. The van der Waals surface area contributed by atoms with E-state index in [9.17, 15) is 0 Å². The van der Waals surface area contributed by atoms with Gasteiger partial charge in [-0.25, -0.2) is 9.97 Å². The first-order valence-corrected chi connectivity index (χ1v) is 7.60. The summed E-state index contributed by atoms with van der Waals surface area (Å²) in [6.45, 7) is 10.0. The second-order valence-electron chi connectivity index (χ2n) is 5.07. The van der Waals surface area contributed by atoms with Gasteiger partial charge >= 0.3 is 0 Å². The van der Waals surface area contributed by atoms with Gasteiger partial charge in [-0.15, -0.1) is 0 Å². The number of aromatic nitrogens is 2. The molecule has 0 radical (unpaired) electrons. The van der Waals surface area contributed by atoms with Gasteiger partial charge in [-0.05, 0) is 28.3 Å². The standard InChI is InChI=1S/C14H24BrN3O/c1-6-7-16-14-11(15)12(9(2)3)17-13(18-14)10(4)8-19-5/h9-10H,6-8H2,1-5H3,(H,16,17,18). The lowest BCUT2D eigenvalue weighted by atomic mass is 10.1. The Labute approximate surface area is 124 Å². The van der Waals surface area contributed by atoms with Crippen molar-refractivity contribution in [2.24, 2.45) is 0 Å². The minimum absolute atomic E-state index is 0.192. The molecule has 0 amide bonds. The van der Waals surface area contributed by atoms with Crippen LogP contribution in [0.4, 0.5) is 5.82 Å². The van der Waals surface area contributed by atoms with Crippen molar-refractivity contribution in [3.63, 3.8) is 0 Å². The van der Waals surface area contributed by atoms with Crippen LogP contribution in [0, 0.1) is 0 Å². The van der Waals surface area contributed by atoms with Crippen molar-refractivity contribution in [3.8, 4) is 0 Å². The van der Waals surface area contributed by atoms with Crippen molar-refractivity contribution in [3.05, 3.63) is 16.0 Å². The van der Waals surface area contributed by atoms with Crippen LogP contribution >= 0.6 is 15.9 Å². The van der Waals surface area contributed by atoms with Crippen LogP contribution in [-0.2, 0) is 4.74 Å². The SMILES string of the molecule is CCCNc1nc(C(C)COC)nc(C(C)C)c1Br. The fraction of sp³-hybridized carbons (Fsp3) is 0.714. The Morgan fingerprint density at radius 3 is 2.47 bits per heavy atom. The van der Waals surface area contributed by atoms with E-state index in [1.54, 1.807) is 7.11 Å². The predicted molar refractivity (Wildman–Crippen MR) is 82.9 cm³/mol. The van der Waals surface area contributed by atoms with Crippen LogP contribution in [-0.4, -0.2) is 30.2 Å². The molecule has 0 saturated carbocycles. The maximum Gasteiger partial charge on any atom is 0.144 e. The smallest absolute Gasteiger partial charge is 0.144 e. The molecule has 0 bridgehead atoms. The van der Waals surface area contributed by atoms with Crippen LogP contribution in [0.1, 0.15) is 57.5 Å². The summed E-state index contributed by atoms with van der Waals surface area (Å²) >= 11 is 3.62. The quantitative estimate of drug-likeness (QED) is 0.823. The molecule has 1 aromatic rings. The van der Waals surface area contributed by atoms with Gasteiger partial charge in [-0.2, -0.15) is 0 Å². The van der Waals surface area contributed by atoms with E-state index >= 15 is 0 Å². The number of nitrogens with one attached hydrogen (secondary N) is 1. The molecule has 1 aromatic heterocycles. The molecular formula is C14H24BrN3O. The zero-order chi connectivity index (χ0) is 14.4. The lowest BCUT2D eigenvalue weighted by Gasteiger charge is -2.17. The number of anilines is 1. The maximum absolute atomic E-state index is 5.20. The molecule has 0 aliphatic rings. The fourth-order valence-electron chi connectivity index (χ4n) is 1.77. The van der Waals surface area contributed by atoms with Crippen molar-refractivity contribution in [1.82, 2.24) is 9.97 Å². The monoisotopic (exact) mass is 329 g/mol. The molecule has 5 heteroatoms. The van der Waals surface area contributed by atoms with Crippen molar-refractivity contribution >= 4 is 21.7 Å². The van der Waals surface area contributed by atoms with E-state index in [0.717, 1.165) is 34.8 Å². The van der Waals surface area contributed by atoms with Gasteiger partial charge in [0.05, 0.1) is 16.8 Å². The minimum atomic E-state index is 0.192. The van der Waals surface area contributed by atoms with Gasteiger partial charge in [0.1, 0.15) is 11.6 Å². The van der Waals surface area contributed by atoms with Crippen LogP contribution in [0.2, 0.25) is 0 Å². The van der Waals surface area contributed by atoms with Gasteiger partial charge in [0.25, 0.3) is 0 Å². The molecule has 0 saturated heterocycles. The van der Waals surface area contributed by atoms with Gasteiger partial charge in [-0.3, -0.25) is 0 Å². The Bertz CT molecular complexity index is 410. The third kappa shape index (κ3) is 4.42. The number of hydrogen-bond acceptors (Lipinski definition) is 4. The minimum Gasteiger partial charge on any atom is -0.384 e. The summed E-state index contributed by atoms with van der Waals surface area (Å²) in [7, 11) is 1.70. The summed E-state index contributed by atoms with van der Waals surface area (Å²) < 4.78 is 6.17. The maximum atomic E-state index is 5.20. The molecule has 1 N–H and O–H groups in total. The van der Waals surface area contributed by atoms with Crippen molar-refractivity contribution in [1.29, 1.82) is 0 Å². The summed E-state index contributed by atoms with van der Waals surface area (Å²) in [5, 5.41) is 3.36. The van der Waals surface area contributed by atoms with Crippen LogP contribution in [0.25, 0.3) is 0 Å². The average molecular weight is 330 g/mol. The zero-order valence-electron chi connectivity index (χ0n) is 12.5. The Kier molecular flexibility index (Phi) is 6.72. The summed E-state index contributed by atoms with van der Waals surface area (Å²) in [6.07, 6.45) is 1.07. The van der Waals surface area contributed by atoms with E-state index < -0.39 is 0 Å². The topological polar surface area (TPSA) is 47.0 Å². The summed E-state index contributed by atoms with van der Waals surface area (Å²) in [5.41, 5.74) is 1.05. The first-order valence-electron chi connectivity index (χ1n) is 6.81. The second kappa shape index (κ2) is 7.80. The summed E-state index contributed by atoms with van der Waals surface area (Å²) in [5.74, 6) is 2.27. The van der Waals surface area contributed by atoms with Gasteiger partial charge in [0.15, 0.2) is 0 Å². The Morgan fingerprint density at radius 1 is 1.26 bits per heavy atom. The molecule has 4 nitrogen and oxygen atoms in total. The number of hydrogen-bond donors (Lipinski definition) is 1. The van der Waals surface area contributed by atoms with Crippen molar-refractivity contribution in [2.45, 2.75) is 46.0 Å². The highest BCUT2D eigenvalue weighted by atomic mass is 79.9. The average Bonchev–Trinajstić information content (AvgIpc) is 2.37.